The molecular formula is C20H26N4O3S. The highest BCUT2D eigenvalue weighted by molar-refractivity contribution is 7.89. The molecule has 1 heterocycles. The molecule has 1 fully saturated rings. The Morgan fingerprint density at radius 2 is 1.64 bits per heavy atom. The number of carbonyl (C=O) groups is 1. The zero-order chi connectivity index (χ0) is 20.3. The molecule has 1 saturated heterocycles. The lowest BCUT2D eigenvalue weighted by Crippen LogP contribution is -2.53. The molecule has 8 heteroatoms. The third-order valence-corrected chi connectivity index (χ3v) is 6.08. The van der Waals surface area contributed by atoms with Crippen LogP contribution in [0, 0.1) is 6.92 Å². The summed E-state index contributed by atoms with van der Waals surface area (Å²) in [7, 11) is -3.74. The van der Waals surface area contributed by atoms with E-state index in [1.807, 2.05) is 19.1 Å². The molecule has 150 valence electrons. The maximum absolute atomic E-state index is 12.6. The number of rotatable bonds is 5. The van der Waals surface area contributed by atoms with Crippen LogP contribution in [0.2, 0.25) is 0 Å². The lowest BCUT2D eigenvalue weighted by molar-refractivity contribution is -0.120. The molecule has 0 aliphatic carbocycles. The van der Waals surface area contributed by atoms with Gasteiger partial charge in [0.2, 0.25) is 15.9 Å². The summed E-state index contributed by atoms with van der Waals surface area (Å²) in [6.45, 7) is 7.33. The van der Waals surface area contributed by atoms with Gasteiger partial charge in [0, 0.05) is 37.6 Å². The predicted molar refractivity (Wildman–Crippen MR) is 111 cm³/mol. The smallest absolute Gasteiger partial charge is 0.241 e. The number of sulfonamides is 1. The molecule has 3 N–H and O–H groups in total. The van der Waals surface area contributed by atoms with E-state index in [9.17, 15) is 13.2 Å². The van der Waals surface area contributed by atoms with E-state index in [1.165, 1.54) is 23.4 Å². The van der Waals surface area contributed by atoms with Gasteiger partial charge in [-0.3, -0.25) is 9.69 Å². The van der Waals surface area contributed by atoms with Gasteiger partial charge in [0.25, 0.3) is 0 Å². The molecule has 0 unspecified atom stereocenters. The molecule has 0 aromatic heterocycles. The number of benzene rings is 2. The Bertz CT molecular complexity index is 936. The first kappa shape index (κ1) is 20.3. The van der Waals surface area contributed by atoms with Crippen LogP contribution in [0.15, 0.2) is 53.4 Å². The van der Waals surface area contributed by atoms with Gasteiger partial charge >= 0.3 is 0 Å². The topological polar surface area (TPSA) is 95.7 Å². The maximum Gasteiger partial charge on any atom is 0.241 e. The van der Waals surface area contributed by atoms with E-state index in [4.69, 9.17) is 5.14 Å². The van der Waals surface area contributed by atoms with Crippen molar-refractivity contribution in [1.82, 2.24) is 4.90 Å². The molecular weight excluding hydrogens is 376 g/mol. The first-order chi connectivity index (χ1) is 13.3. The largest absolute Gasteiger partial charge is 0.369 e. The number of piperazine rings is 1. The number of nitrogens with two attached hydrogens (primary N) is 1. The Hall–Kier alpha value is -2.42. The summed E-state index contributed by atoms with van der Waals surface area (Å²) in [5.74, 6) is -0.118. The lowest BCUT2D eigenvalue weighted by Gasteiger charge is -2.39. The van der Waals surface area contributed by atoms with Crippen molar-refractivity contribution in [3.63, 3.8) is 0 Å². The molecule has 2 aromatic rings. The van der Waals surface area contributed by atoms with E-state index in [1.54, 1.807) is 12.1 Å². The van der Waals surface area contributed by atoms with E-state index in [0.29, 0.717) is 5.69 Å². The fourth-order valence-corrected chi connectivity index (χ4v) is 3.92. The highest BCUT2D eigenvalue weighted by Gasteiger charge is 2.26. The van der Waals surface area contributed by atoms with Gasteiger partial charge in [0.1, 0.15) is 0 Å². The minimum atomic E-state index is -3.74. The molecule has 1 amide bonds. The Kier molecular flexibility index (Phi) is 6.02. The second kappa shape index (κ2) is 8.30. The van der Waals surface area contributed by atoms with Crippen molar-refractivity contribution in [3.05, 3.63) is 54.1 Å². The normalized spacial score (nSPS) is 16.6. The van der Waals surface area contributed by atoms with E-state index in [0.717, 1.165) is 26.2 Å². The number of amides is 1. The van der Waals surface area contributed by atoms with Gasteiger partial charge in [-0.15, -0.1) is 0 Å². The quantitative estimate of drug-likeness (QED) is 0.795. The minimum absolute atomic E-state index is 0.0193. The summed E-state index contributed by atoms with van der Waals surface area (Å²) < 4.78 is 22.6. The number of hydrogen-bond donors (Lipinski definition) is 2. The van der Waals surface area contributed by atoms with E-state index >= 15 is 0 Å². The van der Waals surface area contributed by atoms with Crippen LogP contribution in [0.1, 0.15) is 12.5 Å². The van der Waals surface area contributed by atoms with Gasteiger partial charge in [0.05, 0.1) is 10.9 Å². The zero-order valence-corrected chi connectivity index (χ0v) is 16.9. The summed E-state index contributed by atoms with van der Waals surface area (Å²) in [6.07, 6.45) is 0. The number of para-hydroxylation sites is 1. The van der Waals surface area contributed by atoms with Gasteiger partial charge in [-0.25, -0.2) is 13.6 Å². The Balaban J connectivity index is 1.57. The fourth-order valence-electron chi connectivity index (χ4n) is 3.41. The number of hydrogen-bond acceptors (Lipinski definition) is 5. The van der Waals surface area contributed by atoms with Crippen LogP contribution in [0.3, 0.4) is 0 Å². The number of carbonyl (C=O) groups excluding carboxylic acids is 1. The number of primary sulfonamides is 1. The van der Waals surface area contributed by atoms with Crippen molar-refractivity contribution in [1.29, 1.82) is 0 Å². The van der Waals surface area contributed by atoms with Crippen molar-refractivity contribution in [3.8, 4) is 0 Å². The molecule has 1 aliphatic heterocycles. The van der Waals surface area contributed by atoms with Crippen molar-refractivity contribution in [2.45, 2.75) is 24.8 Å². The first-order valence-electron chi connectivity index (χ1n) is 9.24. The lowest BCUT2D eigenvalue weighted by atomic mass is 10.1. The summed E-state index contributed by atoms with van der Waals surface area (Å²) in [4.78, 5) is 17.1. The summed E-state index contributed by atoms with van der Waals surface area (Å²) in [6, 6.07) is 13.9. The molecule has 3 rings (SSSR count). The van der Waals surface area contributed by atoms with Crippen LogP contribution in [-0.4, -0.2) is 51.4 Å². The average molecular weight is 403 g/mol. The van der Waals surface area contributed by atoms with Crippen LogP contribution in [0.25, 0.3) is 0 Å². The summed E-state index contributed by atoms with van der Waals surface area (Å²) in [5, 5.41) is 7.93. The number of nitrogens with zero attached hydrogens (tertiary/aromatic N) is 2. The average Bonchev–Trinajstić information content (AvgIpc) is 2.67. The van der Waals surface area contributed by atoms with E-state index < -0.39 is 10.0 Å². The Labute approximate surface area is 166 Å². The molecule has 0 spiro atoms. The van der Waals surface area contributed by atoms with Crippen molar-refractivity contribution >= 4 is 27.3 Å². The molecule has 0 saturated carbocycles. The van der Waals surface area contributed by atoms with Crippen molar-refractivity contribution < 1.29 is 13.2 Å². The summed E-state index contributed by atoms with van der Waals surface area (Å²) in [5.41, 5.74) is 3.04. The Morgan fingerprint density at radius 3 is 2.21 bits per heavy atom. The second-order valence-corrected chi connectivity index (χ2v) is 8.61. The second-order valence-electron chi connectivity index (χ2n) is 7.04. The van der Waals surface area contributed by atoms with Crippen LogP contribution in [0.5, 0.6) is 0 Å². The molecule has 7 nitrogen and oxygen atoms in total. The maximum atomic E-state index is 12.6. The first-order valence-corrected chi connectivity index (χ1v) is 10.8. The van der Waals surface area contributed by atoms with Gasteiger partial charge in [-0.1, -0.05) is 18.2 Å². The van der Waals surface area contributed by atoms with E-state index in [2.05, 4.69) is 34.2 Å². The highest BCUT2D eigenvalue weighted by atomic mass is 32.2. The summed E-state index contributed by atoms with van der Waals surface area (Å²) >= 11 is 0. The monoisotopic (exact) mass is 402 g/mol. The standard InChI is InChI=1S/C20H26N4O3S/c1-15-5-3-4-6-19(15)24-13-11-23(12-14-24)16(2)20(25)22-17-7-9-18(10-8-17)28(21,26)27/h3-10,16H,11-14H2,1-2H3,(H,22,25)(H2,21,26,27)/t16-/m1/s1. The van der Waals surface area contributed by atoms with Crippen LogP contribution < -0.4 is 15.4 Å². The molecule has 28 heavy (non-hydrogen) atoms. The van der Waals surface area contributed by atoms with E-state index in [-0.39, 0.29) is 16.8 Å². The molecule has 0 bridgehead atoms. The van der Waals surface area contributed by atoms with Gasteiger partial charge in [0.15, 0.2) is 0 Å². The predicted octanol–water partition coefficient (Wildman–Crippen LogP) is 1.79. The van der Waals surface area contributed by atoms with Crippen LogP contribution in [-0.2, 0) is 14.8 Å². The minimum Gasteiger partial charge on any atom is -0.369 e. The van der Waals surface area contributed by atoms with Crippen molar-refractivity contribution in [2.24, 2.45) is 5.14 Å². The van der Waals surface area contributed by atoms with Gasteiger partial charge in [-0.05, 0) is 49.7 Å². The zero-order valence-electron chi connectivity index (χ0n) is 16.1. The molecule has 1 aliphatic rings. The number of nitrogens with one attached hydrogen (secondary N) is 1. The van der Waals surface area contributed by atoms with Crippen LogP contribution >= 0.6 is 0 Å². The molecule has 2 aromatic carbocycles. The van der Waals surface area contributed by atoms with Crippen LogP contribution in [0.4, 0.5) is 11.4 Å². The molecule has 1 atom stereocenters. The number of aryl methyl sites for hydroxylation is 1. The third kappa shape index (κ3) is 4.70. The Morgan fingerprint density at radius 1 is 1.04 bits per heavy atom. The number of anilines is 2. The highest BCUT2D eigenvalue weighted by Crippen LogP contribution is 2.21. The van der Waals surface area contributed by atoms with Crippen molar-refractivity contribution in [2.75, 3.05) is 36.4 Å². The molecule has 0 radical (unpaired) electrons. The van der Waals surface area contributed by atoms with Gasteiger partial charge in [-0.2, -0.15) is 0 Å². The van der Waals surface area contributed by atoms with Gasteiger partial charge < -0.3 is 10.2 Å². The SMILES string of the molecule is Cc1ccccc1N1CCN([C@H](C)C(=O)Nc2ccc(S(N)(=O)=O)cc2)CC1. The fraction of sp³-hybridized carbons (Fsp3) is 0.350. The third-order valence-electron chi connectivity index (χ3n) is 5.15.